The third-order valence-electron chi connectivity index (χ3n) is 11.3. The SMILES string of the molecule is CC/C=C\C/C=C\C/C=C\C/C=C\CCCCCCCCC(=O)OC(CCCCCCCCCCCCCCCCC)CCCCCCCC(=O)NCC(=O)NC(CO)C(=O)O. The Morgan fingerprint density at radius 1 is 0.500 bits per heavy atom. The van der Waals surface area contributed by atoms with Crippen LogP contribution in [0.2, 0.25) is 0 Å². The number of carboxylic acids is 1. The quantitative estimate of drug-likeness (QED) is 0.0271. The first-order chi connectivity index (χ1) is 30.3. The molecule has 0 heterocycles. The number of esters is 1. The molecule has 9 nitrogen and oxygen atoms in total. The van der Waals surface area contributed by atoms with Gasteiger partial charge in [0.1, 0.15) is 12.1 Å². The number of nitrogens with one attached hydrogen (secondary N) is 2. The smallest absolute Gasteiger partial charge is 0.328 e. The molecule has 4 N–H and O–H groups in total. The fourth-order valence-electron chi connectivity index (χ4n) is 7.47. The fraction of sp³-hybridized carbons (Fsp3) is 0.774. The van der Waals surface area contributed by atoms with Gasteiger partial charge in [-0.3, -0.25) is 14.4 Å². The molecule has 9 heteroatoms. The average Bonchev–Trinajstić information content (AvgIpc) is 3.26. The van der Waals surface area contributed by atoms with E-state index in [1.54, 1.807) is 0 Å². The lowest BCUT2D eigenvalue weighted by molar-refractivity contribution is -0.150. The van der Waals surface area contributed by atoms with Crippen molar-refractivity contribution in [2.24, 2.45) is 0 Å². The van der Waals surface area contributed by atoms with Crippen LogP contribution in [0, 0.1) is 0 Å². The number of allylic oxidation sites excluding steroid dienone is 8. The Morgan fingerprint density at radius 2 is 0.919 bits per heavy atom. The van der Waals surface area contributed by atoms with Crippen LogP contribution in [0.25, 0.3) is 0 Å². The molecule has 0 spiro atoms. The molecule has 0 rings (SSSR count). The molecule has 0 saturated heterocycles. The third kappa shape index (κ3) is 43.4. The van der Waals surface area contributed by atoms with Crippen LogP contribution in [0.1, 0.15) is 239 Å². The highest BCUT2D eigenvalue weighted by atomic mass is 16.5. The number of hydrogen-bond donors (Lipinski definition) is 4. The lowest BCUT2D eigenvalue weighted by Crippen LogP contribution is -2.47. The van der Waals surface area contributed by atoms with Gasteiger partial charge in [-0.1, -0.05) is 197 Å². The predicted molar refractivity (Wildman–Crippen MR) is 259 cm³/mol. The summed E-state index contributed by atoms with van der Waals surface area (Å²) in [5.74, 6) is -2.30. The molecule has 0 radical (unpaired) electrons. The number of aliphatic carboxylic acids is 1. The van der Waals surface area contributed by atoms with E-state index in [0.717, 1.165) is 89.9 Å². The molecule has 0 aromatic rings. The minimum Gasteiger partial charge on any atom is -0.480 e. The summed E-state index contributed by atoms with van der Waals surface area (Å²) in [6.07, 6.45) is 57.1. The Morgan fingerprint density at radius 3 is 1.39 bits per heavy atom. The molecule has 0 aliphatic carbocycles. The van der Waals surface area contributed by atoms with Gasteiger partial charge in [0, 0.05) is 12.8 Å². The number of aliphatic hydroxyl groups excluding tert-OH is 1. The highest BCUT2D eigenvalue weighted by Crippen LogP contribution is 2.19. The summed E-state index contributed by atoms with van der Waals surface area (Å²) in [6, 6.07) is -1.38. The van der Waals surface area contributed by atoms with Gasteiger partial charge in [0.2, 0.25) is 11.8 Å². The predicted octanol–water partition coefficient (Wildman–Crippen LogP) is 13.5. The van der Waals surface area contributed by atoms with Gasteiger partial charge in [-0.2, -0.15) is 0 Å². The molecular formula is C53H94N2O7. The van der Waals surface area contributed by atoms with Gasteiger partial charge in [0.25, 0.3) is 0 Å². The number of rotatable bonds is 46. The zero-order chi connectivity index (χ0) is 45.4. The van der Waals surface area contributed by atoms with E-state index < -0.39 is 24.5 Å². The summed E-state index contributed by atoms with van der Waals surface area (Å²) in [5.41, 5.74) is 0. The van der Waals surface area contributed by atoms with Crippen molar-refractivity contribution in [1.82, 2.24) is 10.6 Å². The number of carbonyl (C=O) groups is 4. The van der Waals surface area contributed by atoms with Gasteiger partial charge in [-0.25, -0.2) is 4.79 Å². The normalized spacial score (nSPS) is 12.8. The molecule has 2 unspecified atom stereocenters. The standard InChI is InChI=1S/C53H94N2O7/c1-3-5-7-9-11-13-15-17-19-20-21-22-24-26-28-30-32-37-41-45-52(59)62-48(42-38-34-31-29-27-25-23-18-16-14-12-10-8-6-4-2)43-39-35-33-36-40-44-50(57)54-46-51(58)55-49(47-56)53(60)61/h5,7,11,13,17,19,21-22,48-49,56H,3-4,6,8-10,12,14-16,18,20,23-47H2,1-2H3,(H,54,57)(H,55,58)(H,60,61)/b7-5-,13-11-,19-17-,22-21-. The van der Waals surface area contributed by atoms with Crippen LogP contribution < -0.4 is 10.6 Å². The van der Waals surface area contributed by atoms with Crippen molar-refractivity contribution in [3.63, 3.8) is 0 Å². The van der Waals surface area contributed by atoms with Gasteiger partial charge in [0.15, 0.2) is 0 Å². The van der Waals surface area contributed by atoms with Crippen molar-refractivity contribution in [3.8, 4) is 0 Å². The fourth-order valence-corrected chi connectivity index (χ4v) is 7.47. The maximum absolute atomic E-state index is 12.9. The largest absolute Gasteiger partial charge is 0.480 e. The van der Waals surface area contributed by atoms with Crippen molar-refractivity contribution in [1.29, 1.82) is 0 Å². The number of carbonyl (C=O) groups excluding carboxylic acids is 3. The van der Waals surface area contributed by atoms with Crippen LogP contribution >= 0.6 is 0 Å². The van der Waals surface area contributed by atoms with Crippen LogP contribution in [0.5, 0.6) is 0 Å². The molecule has 358 valence electrons. The van der Waals surface area contributed by atoms with Crippen molar-refractivity contribution in [3.05, 3.63) is 48.6 Å². The zero-order valence-electron chi connectivity index (χ0n) is 39.9. The molecule has 0 saturated carbocycles. The van der Waals surface area contributed by atoms with Crippen molar-refractivity contribution < 1.29 is 34.1 Å². The summed E-state index contributed by atoms with van der Waals surface area (Å²) < 4.78 is 6.07. The Kier molecular flexibility index (Phi) is 44.8. The third-order valence-corrected chi connectivity index (χ3v) is 11.3. The second kappa shape index (κ2) is 47.3. The van der Waals surface area contributed by atoms with E-state index in [9.17, 15) is 19.2 Å². The molecule has 0 bridgehead atoms. The summed E-state index contributed by atoms with van der Waals surface area (Å²) in [7, 11) is 0. The van der Waals surface area contributed by atoms with Crippen LogP contribution in [-0.2, 0) is 23.9 Å². The van der Waals surface area contributed by atoms with Crippen LogP contribution in [0.3, 0.4) is 0 Å². The summed E-state index contributed by atoms with van der Waals surface area (Å²) in [5, 5.41) is 22.6. The van der Waals surface area contributed by atoms with Gasteiger partial charge >= 0.3 is 11.9 Å². The molecule has 62 heavy (non-hydrogen) atoms. The van der Waals surface area contributed by atoms with Crippen molar-refractivity contribution in [2.75, 3.05) is 13.2 Å². The number of ether oxygens (including phenoxy) is 1. The Labute approximate surface area is 379 Å². The van der Waals surface area contributed by atoms with Gasteiger partial charge in [-0.15, -0.1) is 0 Å². The first kappa shape index (κ1) is 58.8. The van der Waals surface area contributed by atoms with Crippen molar-refractivity contribution >= 4 is 23.8 Å². The minimum atomic E-state index is -1.38. The van der Waals surface area contributed by atoms with Gasteiger partial charge in [-0.05, 0) is 77.0 Å². The molecule has 0 aromatic heterocycles. The Balaban J connectivity index is 4.33. The van der Waals surface area contributed by atoms with Gasteiger partial charge < -0.3 is 25.6 Å². The second-order valence-electron chi connectivity index (χ2n) is 17.2. The Bertz CT molecular complexity index is 1180. The Hall–Kier alpha value is -3.20. The highest BCUT2D eigenvalue weighted by Gasteiger charge is 2.19. The van der Waals surface area contributed by atoms with E-state index in [2.05, 4.69) is 73.1 Å². The number of unbranched alkanes of at least 4 members (excludes halogenated alkanes) is 24. The van der Waals surface area contributed by atoms with Gasteiger partial charge in [0.05, 0.1) is 13.2 Å². The van der Waals surface area contributed by atoms with Crippen molar-refractivity contribution in [2.45, 2.75) is 251 Å². The number of amides is 2. The summed E-state index contributed by atoms with van der Waals surface area (Å²) >= 11 is 0. The summed E-state index contributed by atoms with van der Waals surface area (Å²) in [4.78, 5) is 47.8. The maximum Gasteiger partial charge on any atom is 0.328 e. The van der Waals surface area contributed by atoms with Crippen LogP contribution in [0.15, 0.2) is 48.6 Å². The van der Waals surface area contributed by atoms with Crippen LogP contribution in [0.4, 0.5) is 0 Å². The monoisotopic (exact) mass is 871 g/mol. The van der Waals surface area contributed by atoms with E-state index in [1.165, 1.54) is 116 Å². The first-order valence-electron chi connectivity index (χ1n) is 25.5. The van der Waals surface area contributed by atoms with E-state index in [-0.39, 0.29) is 24.5 Å². The van der Waals surface area contributed by atoms with E-state index >= 15 is 0 Å². The van der Waals surface area contributed by atoms with E-state index in [4.69, 9.17) is 14.9 Å². The number of hydrogen-bond acceptors (Lipinski definition) is 6. The number of aliphatic hydroxyl groups is 1. The molecule has 0 fully saturated rings. The molecule has 0 aromatic carbocycles. The maximum atomic E-state index is 12.9. The highest BCUT2D eigenvalue weighted by molar-refractivity contribution is 5.87. The van der Waals surface area contributed by atoms with Crippen LogP contribution in [-0.4, -0.2) is 59.3 Å². The summed E-state index contributed by atoms with van der Waals surface area (Å²) in [6.45, 7) is 3.39. The lowest BCUT2D eigenvalue weighted by atomic mass is 10.0. The van der Waals surface area contributed by atoms with E-state index in [1.807, 2.05) is 0 Å². The topological polar surface area (TPSA) is 142 Å². The molecule has 0 aliphatic heterocycles. The second-order valence-corrected chi connectivity index (χ2v) is 17.2. The molecule has 2 amide bonds. The molecular weight excluding hydrogens is 777 g/mol. The first-order valence-corrected chi connectivity index (χ1v) is 25.5. The minimum absolute atomic E-state index is 0.0219. The number of carboxylic acid groups (broad SMARTS) is 1. The molecule has 2 atom stereocenters. The zero-order valence-corrected chi connectivity index (χ0v) is 39.9. The average molecular weight is 871 g/mol. The van der Waals surface area contributed by atoms with E-state index in [0.29, 0.717) is 19.3 Å². The molecule has 0 aliphatic rings. The lowest BCUT2D eigenvalue weighted by Gasteiger charge is -2.18.